The minimum absolute atomic E-state index is 0.292. The van der Waals surface area contributed by atoms with Gasteiger partial charge in [0.25, 0.3) is 5.91 Å². The molecule has 1 aliphatic rings. The fourth-order valence-electron chi connectivity index (χ4n) is 2.75. The quantitative estimate of drug-likeness (QED) is 0.893. The van der Waals surface area contributed by atoms with Gasteiger partial charge in [0.1, 0.15) is 5.69 Å². The highest BCUT2D eigenvalue weighted by atomic mass is 16.5. The summed E-state index contributed by atoms with van der Waals surface area (Å²) in [5, 5.41) is 0. The third kappa shape index (κ3) is 3.94. The Morgan fingerprint density at radius 1 is 1.35 bits per heavy atom. The van der Waals surface area contributed by atoms with Gasteiger partial charge in [0.15, 0.2) is 0 Å². The molecule has 2 aromatic rings. The number of nitrogens with two attached hydrogens (primary N) is 1. The highest BCUT2D eigenvalue weighted by molar-refractivity contribution is 5.91. The van der Waals surface area contributed by atoms with Crippen LogP contribution in [0, 0.1) is 5.92 Å². The van der Waals surface area contributed by atoms with E-state index >= 15 is 0 Å². The fraction of sp³-hybridized carbons (Fsp3) is 0.375. The number of carbonyl (C=O) groups is 1. The number of aromatic nitrogens is 3. The van der Waals surface area contributed by atoms with E-state index in [1.807, 2.05) is 6.07 Å². The third-order valence-corrected chi connectivity index (χ3v) is 3.89. The van der Waals surface area contributed by atoms with Crippen LogP contribution >= 0.6 is 0 Å². The van der Waals surface area contributed by atoms with Crippen molar-refractivity contribution >= 4 is 11.6 Å². The highest BCUT2D eigenvalue weighted by Gasteiger charge is 2.21. The number of carbonyl (C=O) groups excluding carboxylic acids is 1. The highest BCUT2D eigenvalue weighted by Crippen LogP contribution is 2.23. The van der Waals surface area contributed by atoms with Gasteiger partial charge in [0.2, 0.25) is 5.88 Å². The maximum atomic E-state index is 11.3. The summed E-state index contributed by atoms with van der Waals surface area (Å²) in [6.07, 6.45) is 8.64. The molecule has 1 fully saturated rings. The summed E-state index contributed by atoms with van der Waals surface area (Å²) in [5.41, 5.74) is 6.56. The van der Waals surface area contributed by atoms with Gasteiger partial charge in [-0.3, -0.25) is 14.8 Å². The second kappa shape index (κ2) is 7.04. The molecule has 1 saturated heterocycles. The molecule has 0 spiro atoms. The maximum absolute atomic E-state index is 11.3. The van der Waals surface area contributed by atoms with Crippen molar-refractivity contribution < 1.29 is 9.53 Å². The van der Waals surface area contributed by atoms with Crippen LogP contribution in [-0.2, 0) is 0 Å². The van der Waals surface area contributed by atoms with E-state index in [-0.39, 0.29) is 0 Å². The topological polar surface area (TPSA) is 94.2 Å². The second-order valence-electron chi connectivity index (χ2n) is 5.57. The van der Waals surface area contributed by atoms with Crippen molar-refractivity contribution in [2.45, 2.75) is 12.8 Å². The van der Waals surface area contributed by atoms with E-state index in [1.54, 1.807) is 30.9 Å². The van der Waals surface area contributed by atoms with Crippen molar-refractivity contribution in [1.29, 1.82) is 0 Å². The summed E-state index contributed by atoms with van der Waals surface area (Å²) >= 11 is 0. The van der Waals surface area contributed by atoms with Gasteiger partial charge in [-0.1, -0.05) is 0 Å². The van der Waals surface area contributed by atoms with Crippen LogP contribution in [0.5, 0.6) is 5.88 Å². The maximum Gasteiger partial charge on any atom is 0.267 e. The van der Waals surface area contributed by atoms with Gasteiger partial charge in [-0.15, -0.1) is 0 Å². The van der Waals surface area contributed by atoms with Crippen molar-refractivity contribution in [3.8, 4) is 5.88 Å². The van der Waals surface area contributed by atoms with Crippen molar-refractivity contribution in [3.63, 3.8) is 0 Å². The summed E-state index contributed by atoms with van der Waals surface area (Å²) in [6.45, 7) is 2.41. The summed E-state index contributed by atoms with van der Waals surface area (Å²) in [5.74, 6) is 0.437. The van der Waals surface area contributed by atoms with Gasteiger partial charge >= 0.3 is 0 Å². The molecule has 1 amide bonds. The minimum atomic E-state index is -0.508. The summed E-state index contributed by atoms with van der Waals surface area (Å²) in [4.78, 5) is 25.6. The van der Waals surface area contributed by atoms with Crippen molar-refractivity contribution in [1.82, 2.24) is 15.0 Å². The monoisotopic (exact) mass is 313 g/mol. The first-order valence-electron chi connectivity index (χ1n) is 7.62. The van der Waals surface area contributed by atoms with Crippen LogP contribution in [0.3, 0.4) is 0 Å². The number of rotatable bonds is 5. The largest absolute Gasteiger partial charge is 0.476 e. The Bertz CT molecular complexity index is 665. The lowest BCUT2D eigenvalue weighted by molar-refractivity contribution is 0.0995. The number of primary amides is 1. The molecule has 7 nitrogen and oxygen atoms in total. The second-order valence-corrected chi connectivity index (χ2v) is 5.57. The first-order valence-corrected chi connectivity index (χ1v) is 7.62. The molecular formula is C16H19N5O2. The van der Waals surface area contributed by atoms with Gasteiger partial charge in [0.05, 0.1) is 12.8 Å². The molecule has 2 N–H and O–H groups in total. The zero-order valence-electron chi connectivity index (χ0n) is 12.8. The molecule has 1 atom stereocenters. The molecule has 0 aromatic carbocycles. The molecule has 120 valence electrons. The molecule has 0 saturated carbocycles. The fourth-order valence-corrected chi connectivity index (χ4v) is 2.75. The molecule has 0 radical (unpaired) electrons. The number of amides is 1. The van der Waals surface area contributed by atoms with Crippen molar-refractivity contribution in [2.75, 3.05) is 24.6 Å². The van der Waals surface area contributed by atoms with Crippen LogP contribution in [-0.4, -0.2) is 40.6 Å². The number of anilines is 1. The Morgan fingerprint density at radius 3 is 3.04 bits per heavy atom. The number of piperidine rings is 1. The third-order valence-electron chi connectivity index (χ3n) is 3.89. The minimum Gasteiger partial charge on any atom is -0.476 e. The van der Waals surface area contributed by atoms with Crippen LogP contribution in [0.2, 0.25) is 0 Å². The number of hydrogen-bond donors (Lipinski definition) is 1. The smallest absolute Gasteiger partial charge is 0.267 e. The van der Waals surface area contributed by atoms with E-state index in [0.717, 1.165) is 31.6 Å². The Labute approximate surface area is 134 Å². The first kappa shape index (κ1) is 15.2. The average Bonchev–Trinajstić information content (AvgIpc) is 2.61. The number of pyridine rings is 1. The molecule has 7 heteroatoms. The van der Waals surface area contributed by atoms with E-state index < -0.39 is 5.91 Å². The lowest BCUT2D eigenvalue weighted by Crippen LogP contribution is -2.38. The van der Waals surface area contributed by atoms with Crippen LogP contribution in [0.4, 0.5) is 5.69 Å². The molecule has 2 aromatic heterocycles. The zero-order chi connectivity index (χ0) is 16.1. The normalized spacial score (nSPS) is 17.7. The summed E-state index contributed by atoms with van der Waals surface area (Å²) < 4.78 is 5.70. The lowest BCUT2D eigenvalue weighted by Gasteiger charge is -2.34. The summed E-state index contributed by atoms with van der Waals surface area (Å²) in [7, 11) is 0. The number of hydrogen-bond acceptors (Lipinski definition) is 6. The van der Waals surface area contributed by atoms with Gasteiger partial charge in [-0.2, -0.15) is 0 Å². The van der Waals surface area contributed by atoms with Gasteiger partial charge < -0.3 is 15.4 Å². The van der Waals surface area contributed by atoms with Crippen molar-refractivity contribution in [2.24, 2.45) is 11.7 Å². The molecule has 3 rings (SSSR count). The van der Waals surface area contributed by atoms with E-state index in [4.69, 9.17) is 10.5 Å². The molecule has 1 aliphatic heterocycles. The van der Waals surface area contributed by atoms with E-state index in [0.29, 0.717) is 24.1 Å². The Kier molecular flexibility index (Phi) is 4.65. The average molecular weight is 313 g/mol. The van der Waals surface area contributed by atoms with Gasteiger partial charge in [-0.25, -0.2) is 4.98 Å². The van der Waals surface area contributed by atoms with E-state index in [9.17, 15) is 4.79 Å². The number of nitrogens with zero attached hydrogens (tertiary/aromatic N) is 4. The molecule has 1 unspecified atom stereocenters. The Balaban J connectivity index is 1.62. The SMILES string of the molecule is NC(=O)c1cc(N2CCCC(COc3cnccn3)C2)ccn1. The van der Waals surface area contributed by atoms with Crippen LogP contribution < -0.4 is 15.4 Å². The van der Waals surface area contributed by atoms with Crippen molar-refractivity contribution in [3.05, 3.63) is 42.6 Å². The molecule has 23 heavy (non-hydrogen) atoms. The predicted octanol–water partition coefficient (Wildman–Crippen LogP) is 1.27. The first-order chi connectivity index (χ1) is 11.2. The van der Waals surface area contributed by atoms with Gasteiger partial charge in [0, 0.05) is 43.3 Å². The van der Waals surface area contributed by atoms with Crippen LogP contribution in [0.25, 0.3) is 0 Å². The lowest BCUT2D eigenvalue weighted by atomic mass is 9.98. The van der Waals surface area contributed by atoms with Gasteiger partial charge in [-0.05, 0) is 25.0 Å². The Hall–Kier alpha value is -2.70. The molecule has 0 aliphatic carbocycles. The molecular weight excluding hydrogens is 294 g/mol. The standard InChI is InChI=1S/C16H19N5O2/c17-16(22)14-8-13(3-4-19-14)21-7-1-2-12(10-21)11-23-15-9-18-5-6-20-15/h3-6,8-9,12H,1-2,7,10-11H2,(H2,17,22). The number of ether oxygens (including phenoxy) is 1. The van der Waals surface area contributed by atoms with E-state index in [1.165, 1.54) is 0 Å². The predicted molar refractivity (Wildman–Crippen MR) is 85.2 cm³/mol. The molecule has 3 heterocycles. The summed E-state index contributed by atoms with van der Waals surface area (Å²) in [6, 6.07) is 3.65. The van der Waals surface area contributed by atoms with Crippen LogP contribution in [0.15, 0.2) is 36.9 Å². The molecule has 0 bridgehead atoms. The zero-order valence-corrected chi connectivity index (χ0v) is 12.8. The van der Waals surface area contributed by atoms with Crippen LogP contribution in [0.1, 0.15) is 23.3 Å². The Morgan fingerprint density at radius 2 is 2.26 bits per heavy atom. The van der Waals surface area contributed by atoms with E-state index in [2.05, 4.69) is 19.9 Å².